The lowest BCUT2D eigenvalue weighted by Gasteiger charge is -2.38. The molecule has 0 spiro atoms. The highest BCUT2D eigenvalue weighted by atomic mass is 35.5. The Balaban J connectivity index is 1.85. The van der Waals surface area contributed by atoms with E-state index in [1.54, 1.807) is 0 Å². The third-order valence-corrected chi connectivity index (χ3v) is 5.71. The van der Waals surface area contributed by atoms with Gasteiger partial charge >= 0.3 is 0 Å². The fourth-order valence-corrected chi connectivity index (χ4v) is 3.97. The van der Waals surface area contributed by atoms with E-state index in [0.717, 1.165) is 6.42 Å². The largest absolute Gasteiger partial charge is 0.122 e. The number of halogens is 1. The van der Waals surface area contributed by atoms with Gasteiger partial charge < -0.3 is 0 Å². The summed E-state index contributed by atoms with van der Waals surface area (Å²) in [6.07, 6.45) is 7.62. The summed E-state index contributed by atoms with van der Waals surface area (Å²) in [5.74, 6) is 0. The van der Waals surface area contributed by atoms with Gasteiger partial charge in [0.15, 0.2) is 0 Å². The molecule has 1 aliphatic carbocycles. The van der Waals surface area contributed by atoms with Crippen LogP contribution in [0, 0.1) is 5.41 Å². The lowest BCUT2D eigenvalue weighted by molar-refractivity contribution is 0.205. The molecule has 3 rings (SSSR count). The highest BCUT2D eigenvalue weighted by Gasteiger charge is 2.34. The maximum Gasteiger partial charge on any atom is 0.0430 e. The summed E-state index contributed by atoms with van der Waals surface area (Å²) < 4.78 is 0. The predicted octanol–water partition coefficient (Wildman–Crippen LogP) is 5.96. The zero-order valence-corrected chi connectivity index (χ0v) is 13.0. The summed E-state index contributed by atoms with van der Waals surface area (Å²) in [7, 11) is 0. The van der Waals surface area contributed by atoms with Crippen LogP contribution in [0.4, 0.5) is 0 Å². The van der Waals surface area contributed by atoms with Gasteiger partial charge in [0.25, 0.3) is 0 Å². The highest BCUT2D eigenvalue weighted by molar-refractivity contribution is 6.21. The zero-order valence-electron chi connectivity index (χ0n) is 12.2. The van der Waals surface area contributed by atoms with Crippen molar-refractivity contribution < 1.29 is 0 Å². The van der Waals surface area contributed by atoms with Gasteiger partial charge in [0.1, 0.15) is 0 Å². The molecule has 2 aromatic carbocycles. The van der Waals surface area contributed by atoms with Crippen molar-refractivity contribution in [3.8, 4) is 0 Å². The summed E-state index contributed by atoms with van der Waals surface area (Å²) in [4.78, 5) is 0. The summed E-state index contributed by atoms with van der Waals surface area (Å²) in [6, 6.07) is 15.2. The van der Waals surface area contributed by atoms with Crippen LogP contribution in [0.3, 0.4) is 0 Å². The van der Waals surface area contributed by atoms with Crippen LogP contribution in [0.5, 0.6) is 0 Å². The molecule has 0 N–H and O–H groups in total. The van der Waals surface area contributed by atoms with Crippen molar-refractivity contribution >= 4 is 22.4 Å². The molecule has 20 heavy (non-hydrogen) atoms. The van der Waals surface area contributed by atoms with E-state index in [0.29, 0.717) is 5.41 Å². The third-order valence-electron chi connectivity index (χ3n) is 5.03. The second-order valence-electron chi connectivity index (χ2n) is 6.52. The topological polar surface area (TPSA) is 0 Å². The van der Waals surface area contributed by atoms with Crippen molar-refractivity contribution in [3.63, 3.8) is 0 Å². The Hall–Kier alpha value is -1.01. The molecule has 1 heteroatoms. The summed E-state index contributed by atoms with van der Waals surface area (Å²) >= 11 is 6.84. The van der Waals surface area contributed by atoms with Crippen molar-refractivity contribution in [1.82, 2.24) is 0 Å². The molecule has 0 aliphatic heterocycles. The van der Waals surface area contributed by atoms with E-state index in [1.807, 2.05) is 0 Å². The Morgan fingerprint density at radius 1 is 1.00 bits per heavy atom. The van der Waals surface area contributed by atoms with E-state index in [-0.39, 0.29) is 5.38 Å². The van der Waals surface area contributed by atoms with Gasteiger partial charge in [0.2, 0.25) is 0 Å². The average molecular weight is 287 g/mol. The summed E-state index contributed by atoms with van der Waals surface area (Å²) in [5, 5.41) is 2.93. The SMILES string of the molecule is CC1(C(Cl)Cc2cccc3ccccc23)CCCCC1. The number of rotatable bonds is 3. The lowest BCUT2D eigenvalue weighted by atomic mass is 9.72. The third kappa shape index (κ3) is 2.72. The van der Waals surface area contributed by atoms with E-state index in [1.165, 1.54) is 48.4 Å². The average Bonchev–Trinajstić information content (AvgIpc) is 2.48. The molecule has 1 saturated carbocycles. The minimum absolute atomic E-state index is 0.244. The van der Waals surface area contributed by atoms with Gasteiger partial charge in [-0.3, -0.25) is 0 Å². The molecule has 1 atom stereocenters. The molecule has 0 saturated heterocycles. The molecular formula is C19H23Cl. The van der Waals surface area contributed by atoms with Crippen molar-refractivity contribution in [2.75, 3.05) is 0 Å². The van der Waals surface area contributed by atoms with Gasteiger partial charge in [-0.2, -0.15) is 0 Å². The first kappa shape index (κ1) is 13.9. The Bertz CT molecular complexity index is 576. The fourth-order valence-electron chi connectivity index (χ4n) is 3.58. The number of hydrogen-bond donors (Lipinski definition) is 0. The van der Waals surface area contributed by atoms with Gasteiger partial charge in [-0.15, -0.1) is 11.6 Å². The first-order chi connectivity index (χ1) is 9.69. The van der Waals surface area contributed by atoms with E-state index in [4.69, 9.17) is 11.6 Å². The Morgan fingerprint density at radius 3 is 2.50 bits per heavy atom. The number of benzene rings is 2. The van der Waals surface area contributed by atoms with Crippen LogP contribution >= 0.6 is 11.6 Å². The van der Waals surface area contributed by atoms with E-state index in [9.17, 15) is 0 Å². The van der Waals surface area contributed by atoms with Gasteiger partial charge in [-0.25, -0.2) is 0 Å². The molecule has 1 fully saturated rings. The second kappa shape index (κ2) is 5.77. The minimum Gasteiger partial charge on any atom is -0.122 e. The van der Waals surface area contributed by atoms with Crippen LogP contribution in [0.15, 0.2) is 42.5 Å². The molecule has 106 valence electrons. The van der Waals surface area contributed by atoms with Gasteiger partial charge in [-0.1, -0.05) is 68.7 Å². The van der Waals surface area contributed by atoms with Crippen molar-refractivity contribution in [2.45, 2.75) is 50.8 Å². The van der Waals surface area contributed by atoms with Crippen LogP contribution < -0.4 is 0 Å². The number of hydrogen-bond acceptors (Lipinski definition) is 0. The first-order valence-electron chi connectivity index (χ1n) is 7.80. The van der Waals surface area contributed by atoms with Gasteiger partial charge in [-0.05, 0) is 41.0 Å². The zero-order chi connectivity index (χ0) is 14.0. The Kier molecular flexibility index (Phi) is 4.03. The van der Waals surface area contributed by atoms with Crippen LogP contribution in [-0.2, 0) is 6.42 Å². The monoisotopic (exact) mass is 286 g/mol. The maximum absolute atomic E-state index is 6.84. The van der Waals surface area contributed by atoms with E-state index >= 15 is 0 Å². The first-order valence-corrected chi connectivity index (χ1v) is 8.23. The molecule has 0 bridgehead atoms. The molecule has 0 amide bonds. The molecule has 2 aromatic rings. The molecular weight excluding hydrogens is 264 g/mol. The molecule has 1 unspecified atom stereocenters. The smallest absolute Gasteiger partial charge is 0.0430 e. The van der Waals surface area contributed by atoms with Crippen molar-refractivity contribution in [2.24, 2.45) is 5.41 Å². The molecule has 0 nitrogen and oxygen atoms in total. The van der Waals surface area contributed by atoms with Crippen LogP contribution in [0.1, 0.15) is 44.6 Å². The van der Waals surface area contributed by atoms with Gasteiger partial charge in [0, 0.05) is 5.38 Å². The highest BCUT2D eigenvalue weighted by Crippen LogP contribution is 2.42. The summed E-state index contributed by atoms with van der Waals surface area (Å²) in [5.41, 5.74) is 1.71. The Labute approximate surface area is 127 Å². The van der Waals surface area contributed by atoms with Crippen molar-refractivity contribution in [1.29, 1.82) is 0 Å². The quantitative estimate of drug-likeness (QED) is 0.611. The fraction of sp³-hybridized carbons (Fsp3) is 0.474. The minimum atomic E-state index is 0.244. The second-order valence-corrected chi connectivity index (χ2v) is 7.05. The molecule has 1 aliphatic rings. The Morgan fingerprint density at radius 2 is 1.70 bits per heavy atom. The maximum atomic E-state index is 6.84. The number of fused-ring (bicyclic) bond motifs is 1. The van der Waals surface area contributed by atoms with E-state index < -0.39 is 0 Å². The van der Waals surface area contributed by atoms with E-state index in [2.05, 4.69) is 49.4 Å². The van der Waals surface area contributed by atoms with Crippen LogP contribution in [0.2, 0.25) is 0 Å². The number of alkyl halides is 1. The normalized spacial score (nSPS) is 19.9. The van der Waals surface area contributed by atoms with Crippen molar-refractivity contribution in [3.05, 3.63) is 48.0 Å². The van der Waals surface area contributed by atoms with Crippen LogP contribution in [-0.4, -0.2) is 5.38 Å². The standard InChI is InChI=1S/C19H23Cl/c1-19(12-5-2-6-13-19)18(20)14-16-10-7-9-15-8-3-4-11-17(15)16/h3-4,7-11,18H,2,5-6,12-14H2,1H3. The molecule has 0 radical (unpaired) electrons. The van der Waals surface area contributed by atoms with Gasteiger partial charge in [0.05, 0.1) is 0 Å². The summed E-state index contributed by atoms with van der Waals surface area (Å²) in [6.45, 7) is 2.38. The molecule has 0 heterocycles. The van der Waals surface area contributed by atoms with Crippen LogP contribution in [0.25, 0.3) is 10.8 Å². The molecule has 0 aromatic heterocycles. The lowest BCUT2D eigenvalue weighted by Crippen LogP contribution is -2.32. The predicted molar refractivity (Wildman–Crippen MR) is 88.5 cm³/mol.